The molecule has 0 unspecified atom stereocenters. The highest BCUT2D eigenvalue weighted by Crippen LogP contribution is 2.27. The quantitative estimate of drug-likeness (QED) is 0.501. The number of halogens is 1. The summed E-state index contributed by atoms with van der Waals surface area (Å²) in [7, 11) is 0. The van der Waals surface area contributed by atoms with Crippen molar-refractivity contribution in [1.29, 1.82) is 0 Å². The van der Waals surface area contributed by atoms with Crippen LogP contribution in [0.3, 0.4) is 0 Å². The second-order valence-corrected chi connectivity index (χ2v) is 8.25. The summed E-state index contributed by atoms with van der Waals surface area (Å²) in [5.74, 6) is -0.774. The molecule has 0 aliphatic carbocycles. The summed E-state index contributed by atoms with van der Waals surface area (Å²) in [6.45, 7) is 3.49. The first kappa shape index (κ1) is 21.6. The van der Waals surface area contributed by atoms with E-state index < -0.39 is 17.7 Å². The van der Waals surface area contributed by atoms with E-state index in [4.69, 9.17) is 0 Å². The van der Waals surface area contributed by atoms with Crippen molar-refractivity contribution in [2.45, 2.75) is 20.3 Å². The van der Waals surface area contributed by atoms with Crippen molar-refractivity contribution in [3.05, 3.63) is 75.6 Å². The van der Waals surface area contributed by atoms with E-state index in [0.29, 0.717) is 28.0 Å². The van der Waals surface area contributed by atoms with Crippen LogP contribution < -0.4 is 10.6 Å². The van der Waals surface area contributed by atoms with Crippen molar-refractivity contribution in [2.75, 3.05) is 17.2 Å². The lowest BCUT2D eigenvalue weighted by atomic mass is 10.1. The number of aromatic nitrogens is 2. The minimum Gasteiger partial charge on any atom is -0.340 e. The van der Waals surface area contributed by atoms with E-state index in [-0.39, 0.29) is 12.1 Å². The van der Waals surface area contributed by atoms with Gasteiger partial charge in [0.05, 0.1) is 11.1 Å². The number of rotatable bonds is 6. The Bertz CT molecular complexity index is 1240. The molecule has 9 heteroatoms. The zero-order chi connectivity index (χ0) is 22.8. The molecule has 2 heterocycles. The van der Waals surface area contributed by atoms with Crippen LogP contribution in [0.5, 0.6) is 0 Å². The van der Waals surface area contributed by atoms with Gasteiger partial charge in [0.15, 0.2) is 0 Å². The van der Waals surface area contributed by atoms with E-state index in [1.807, 2.05) is 32.0 Å². The van der Waals surface area contributed by atoms with Crippen LogP contribution in [0, 0.1) is 6.92 Å². The van der Waals surface area contributed by atoms with Gasteiger partial charge in [-0.2, -0.15) is 0 Å². The van der Waals surface area contributed by atoms with Crippen LogP contribution in [0.15, 0.2) is 53.3 Å². The zero-order valence-electron chi connectivity index (χ0n) is 17.5. The molecule has 162 valence electrons. The Morgan fingerprint density at radius 2 is 1.81 bits per heavy atom. The molecule has 0 saturated carbocycles. The van der Waals surface area contributed by atoms with Gasteiger partial charge in [-0.1, -0.05) is 28.9 Å². The summed E-state index contributed by atoms with van der Waals surface area (Å²) in [5.41, 5.74) is 3.68. The topological polar surface area (TPSA) is 104 Å². The first-order valence-electron chi connectivity index (χ1n) is 10.00. The molecule has 0 atom stereocenters. The zero-order valence-corrected chi connectivity index (χ0v) is 19.1. The maximum absolute atomic E-state index is 12.8. The number of carbonyl (C=O) groups excluding carboxylic acids is 3. The summed E-state index contributed by atoms with van der Waals surface area (Å²) in [4.78, 5) is 47.2. The molecule has 8 nitrogen and oxygen atoms in total. The average molecular weight is 494 g/mol. The molecule has 1 aromatic heterocycles. The van der Waals surface area contributed by atoms with Gasteiger partial charge in [-0.25, -0.2) is 9.97 Å². The van der Waals surface area contributed by atoms with Gasteiger partial charge in [0.1, 0.15) is 18.7 Å². The van der Waals surface area contributed by atoms with Crippen molar-refractivity contribution in [3.8, 4) is 0 Å². The molecule has 3 amide bonds. The summed E-state index contributed by atoms with van der Waals surface area (Å²) >= 11 is 3.30. The molecule has 32 heavy (non-hydrogen) atoms. The minimum atomic E-state index is -0.480. The lowest BCUT2D eigenvalue weighted by Crippen LogP contribution is -2.37. The Hall–Kier alpha value is -3.59. The molecule has 1 aliphatic rings. The highest BCUT2D eigenvalue weighted by Gasteiger charge is 2.36. The van der Waals surface area contributed by atoms with Gasteiger partial charge in [0, 0.05) is 27.6 Å². The minimum absolute atomic E-state index is 0.290. The third kappa shape index (κ3) is 4.38. The molecule has 2 aromatic carbocycles. The first-order valence-corrected chi connectivity index (χ1v) is 10.8. The molecule has 1 aliphatic heterocycles. The van der Waals surface area contributed by atoms with Gasteiger partial charge in [0.25, 0.3) is 11.8 Å². The molecule has 0 fully saturated rings. The molecule has 0 radical (unpaired) electrons. The number of benzene rings is 2. The number of hydrogen-bond donors (Lipinski definition) is 2. The number of anilines is 3. The summed E-state index contributed by atoms with van der Waals surface area (Å²) in [6, 6.07) is 12.3. The fourth-order valence-electron chi connectivity index (χ4n) is 3.49. The van der Waals surface area contributed by atoms with Crippen LogP contribution in [0.25, 0.3) is 0 Å². The second-order valence-electron chi connectivity index (χ2n) is 7.33. The number of nitrogens with zero attached hydrogens (tertiary/aromatic N) is 3. The highest BCUT2D eigenvalue weighted by atomic mass is 79.9. The molecule has 4 rings (SSSR count). The Labute approximate surface area is 193 Å². The van der Waals surface area contributed by atoms with Crippen LogP contribution in [0.1, 0.15) is 38.9 Å². The molecule has 0 saturated heterocycles. The number of amides is 3. The summed E-state index contributed by atoms with van der Waals surface area (Å²) in [6.07, 6.45) is 2.17. The lowest BCUT2D eigenvalue weighted by Gasteiger charge is -2.16. The number of carbonyl (C=O) groups is 3. The molecular weight excluding hydrogens is 474 g/mol. The smallest absolute Gasteiger partial charge is 0.262 e. The number of nitrogens with one attached hydrogen (secondary N) is 2. The Morgan fingerprint density at radius 3 is 2.56 bits per heavy atom. The largest absolute Gasteiger partial charge is 0.340 e. The van der Waals surface area contributed by atoms with Crippen molar-refractivity contribution in [2.24, 2.45) is 0 Å². The van der Waals surface area contributed by atoms with Crippen LogP contribution >= 0.6 is 15.9 Å². The van der Waals surface area contributed by atoms with Crippen LogP contribution in [-0.4, -0.2) is 39.1 Å². The molecule has 0 spiro atoms. The second kappa shape index (κ2) is 8.88. The third-order valence-electron chi connectivity index (χ3n) is 5.08. The van der Waals surface area contributed by atoms with E-state index in [9.17, 15) is 14.4 Å². The van der Waals surface area contributed by atoms with Crippen molar-refractivity contribution < 1.29 is 14.4 Å². The fourth-order valence-corrected chi connectivity index (χ4v) is 3.85. The van der Waals surface area contributed by atoms with Crippen molar-refractivity contribution in [3.63, 3.8) is 0 Å². The number of imide groups is 1. The third-order valence-corrected chi connectivity index (χ3v) is 5.57. The van der Waals surface area contributed by atoms with E-state index in [0.717, 1.165) is 21.8 Å². The van der Waals surface area contributed by atoms with Gasteiger partial charge >= 0.3 is 0 Å². The van der Waals surface area contributed by atoms with E-state index >= 15 is 0 Å². The van der Waals surface area contributed by atoms with Gasteiger partial charge in [0.2, 0.25) is 5.91 Å². The van der Waals surface area contributed by atoms with E-state index in [2.05, 4.69) is 36.5 Å². The normalized spacial score (nSPS) is 12.7. The summed E-state index contributed by atoms with van der Waals surface area (Å²) in [5, 5.41) is 6.03. The van der Waals surface area contributed by atoms with E-state index in [1.165, 1.54) is 6.33 Å². The molecule has 0 bridgehead atoms. The number of aryl methyl sites for hydroxylation is 2. The monoisotopic (exact) mass is 493 g/mol. The summed E-state index contributed by atoms with van der Waals surface area (Å²) < 4.78 is 0.694. The first-order chi connectivity index (χ1) is 15.4. The number of fused-ring (bicyclic) bond motifs is 1. The van der Waals surface area contributed by atoms with Gasteiger partial charge in [-0.05, 0) is 49.2 Å². The maximum Gasteiger partial charge on any atom is 0.262 e. The lowest BCUT2D eigenvalue weighted by molar-refractivity contribution is -0.116. The van der Waals surface area contributed by atoms with Crippen LogP contribution in [-0.2, 0) is 11.2 Å². The SMILES string of the molecule is CCc1ccc(Nc2cc(C)ncn2)cc1NC(=O)CN1C(=O)c2ccc(Br)cc2C1=O. The molecule has 3 aromatic rings. The number of hydrogen-bond acceptors (Lipinski definition) is 6. The van der Waals surface area contributed by atoms with Crippen molar-refractivity contribution in [1.82, 2.24) is 14.9 Å². The predicted molar refractivity (Wildman–Crippen MR) is 124 cm³/mol. The average Bonchev–Trinajstić information content (AvgIpc) is 2.98. The van der Waals surface area contributed by atoms with Crippen LogP contribution in [0.4, 0.5) is 17.2 Å². The molecular formula is C23H20BrN5O3. The highest BCUT2D eigenvalue weighted by molar-refractivity contribution is 9.10. The Kier molecular flexibility index (Phi) is 6.00. The predicted octanol–water partition coefficient (Wildman–Crippen LogP) is 4.09. The Morgan fingerprint density at radius 1 is 1.03 bits per heavy atom. The standard InChI is InChI=1S/C23H20BrN5O3/c1-3-14-4-6-16(27-20-8-13(2)25-12-26-20)10-19(14)28-21(30)11-29-22(31)17-7-5-15(24)9-18(17)23(29)32/h4-10,12H,3,11H2,1-2H3,(H,28,30)(H,25,26,27). The molecule has 2 N–H and O–H groups in total. The van der Waals surface area contributed by atoms with Crippen LogP contribution in [0.2, 0.25) is 0 Å². The maximum atomic E-state index is 12.8. The van der Waals surface area contributed by atoms with Gasteiger partial charge in [-0.3, -0.25) is 19.3 Å². The van der Waals surface area contributed by atoms with Gasteiger partial charge < -0.3 is 10.6 Å². The van der Waals surface area contributed by atoms with Gasteiger partial charge in [-0.15, -0.1) is 0 Å². The Balaban J connectivity index is 1.50. The fraction of sp³-hybridized carbons (Fsp3) is 0.174. The van der Waals surface area contributed by atoms with Crippen molar-refractivity contribution >= 4 is 50.8 Å². The van der Waals surface area contributed by atoms with E-state index in [1.54, 1.807) is 24.3 Å².